The lowest BCUT2D eigenvalue weighted by molar-refractivity contribution is 0.00991. The topological polar surface area (TPSA) is 55.3 Å². The van der Waals surface area contributed by atoms with Gasteiger partial charge in [-0.3, -0.25) is 4.99 Å². The van der Waals surface area contributed by atoms with E-state index < -0.39 is 0 Å². The van der Waals surface area contributed by atoms with Gasteiger partial charge in [0.25, 0.3) is 0 Å². The number of ether oxygens (including phenoxy) is 3. The van der Waals surface area contributed by atoms with Crippen molar-refractivity contribution in [3.05, 3.63) is 29.8 Å². The number of methoxy groups -OCH3 is 1. The van der Waals surface area contributed by atoms with E-state index in [9.17, 15) is 0 Å². The van der Waals surface area contributed by atoms with E-state index in [1.807, 2.05) is 0 Å². The second-order valence-electron chi connectivity index (χ2n) is 7.74. The fourth-order valence-electron chi connectivity index (χ4n) is 3.49. The van der Waals surface area contributed by atoms with Crippen molar-refractivity contribution in [3.8, 4) is 5.75 Å². The minimum Gasteiger partial charge on any atom is -0.494 e. The van der Waals surface area contributed by atoms with Crippen molar-refractivity contribution in [2.75, 3.05) is 53.1 Å². The summed E-state index contributed by atoms with van der Waals surface area (Å²) in [5, 5.41) is 3.45. The Labute approximate surface area is 206 Å². The van der Waals surface area contributed by atoms with Crippen LogP contribution in [-0.4, -0.2) is 70.1 Å². The SMILES string of the molecule is CCCCOc1ccc(CCN=C(NCC)N2CCC(OCCCOC)CC2)cc1.I. The number of piperidine rings is 1. The van der Waals surface area contributed by atoms with E-state index >= 15 is 0 Å². The van der Waals surface area contributed by atoms with Gasteiger partial charge in [0.15, 0.2) is 5.96 Å². The monoisotopic (exact) mass is 547 g/mol. The number of hydrogen-bond donors (Lipinski definition) is 1. The van der Waals surface area contributed by atoms with Crippen LogP contribution in [0.4, 0.5) is 0 Å². The Hall–Kier alpha value is -1.06. The van der Waals surface area contributed by atoms with E-state index in [2.05, 4.69) is 48.3 Å². The number of halogens is 1. The van der Waals surface area contributed by atoms with Crippen molar-refractivity contribution in [3.63, 3.8) is 0 Å². The van der Waals surface area contributed by atoms with Crippen LogP contribution >= 0.6 is 24.0 Å². The fourth-order valence-corrected chi connectivity index (χ4v) is 3.49. The second-order valence-corrected chi connectivity index (χ2v) is 7.74. The fraction of sp³-hybridized carbons (Fsp3) is 0.708. The van der Waals surface area contributed by atoms with Crippen LogP contribution in [-0.2, 0) is 15.9 Å². The van der Waals surface area contributed by atoms with Gasteiger partial charge >= 0.3 is 0 Å². The molecule has 0 amide bonds. The minimum absolute atomic E-state index is 0. The van der Waals surface area contributed by atoms with Crippen LogP contribution < -0.4 is 10.1 Å². The first-order chi connectivity index (χ1) is 14.8. The molecule has 7 heteroatoms. The third kappa shape index (κ3) is 11.4. The van der Waals surface area contributed by atoms with Gasteiger partial charge in [0.1, 0.15) is 5.75 Å². The lowest BCUT2D eigenvalue weighted by Gasteiger charge is -2.34. The highest BCUT2D eigenvalue weighted by Crippen LogP contribution is 2.15. The average molecular weight is 548 g/mol. The molecule has 0 radical (unpaired) electrons. The lowest BCUT2D eigenvalue weighted by Crippen LogP contribution is -2.47. The Morgan fingerprint density at radius 3 is 2.45 bits per heavy atom. The number of hydrogen-bond acceptors (Lipinski definition) is 4. The van der Waals surface area contributed by atoms with Gasteiger partial charge in [-0.25, -0.2) is 0 Å². The lowest BCUT2D eigenvalue weighted by atomic mass is 10.1. The first kappa shape index (κ1) is 28.0. The Bertz CT molecular complexity index is 590. The largest absolute Gasteiger partial charge is 0.494 e. The number of rotatable bonds is 13. The third-order valence-electron chi connectivity index (χ3n) is 5.27. The summed E-state index contributed by atoms with van der Waals surface area (Å²) in [5.41, 5.74) is 1.29. The van der Waals surface area contributed by atoms with Gasteiger partial charge in [-0.15, -0.1) is 24.0 Å². The Kier molecular flexibility index (Phi) is 15.8. The highest BCUT2D eigenvalue weighted by Gasteiger charge is 2.21. The Morgan fingerprint density at radius 1 is 1.06 bits per heavy atom. The molecule has 1 aromatic carbocycles. The van der Waals surface area contributed by atoms with E-state index in [0.29, 0.717) is 6.10 Å². The second kappa shape index (κ2) is 17.5. The summed E-state index contributed by atoms with van der Waals surface area (Å²) >= 11 is 0. The summed E-state index contributed by atoms with van der Waals surface area (Å²) in [6.07, 6.45) is 6.62. The van der Waals surface area contributed by atoms with Crippen LogP contribution in [0, 0.1) is 0 Å². The van der Waals surface area contributed by atoms with Gasteiger partial charge in [0.2, 0.25) is 0 Å². The van der Waals surface area contributed by atoms with Crippen molar-refractivity contribution in [1.29, 1.82) is 0 Å². The van der Waals surface area contributed by atoms with E-state index in [-0.39, 0.29) is 24.0 Å². The van der Waals surface area contributed by atoms with Crippen molar-refractivity contribution in [1.82, 2.24) is 10.2 Å². The summed E-state index contributed by atoms with van der Waals surface area (Å²) < 4.78 is 16.8. The van der Waals surface area contributed by atoms with E-state index in [1.54, 1.807) is 7.11 Å². The van der Waals surface area contributed by atoms with E-state index in [4.69, 9.17) is 19.2 Å². The first-order valence-corrected chi connectivity index (χ1v) is 11.6. The molecule has 0 bridgehead atoms. The molecule has 0 atom stereocenters. The predicted molar refractivity (Wildman–Crippen MR) is 139 cm³/mol. The highest BCUT2D eigenvalue weighted by molar-refractivity contribution is 14.0. The molecule has 1 heterocycles. The predicted octanol–water partition coefficient (Wildman–Crippen LogP) is 4.51. The van der Waals surface area contributed by atoms with Gasteiger partial charge in [0.05, 0.1) is 12.7 Å². The molecule has 0 aromatic heterocycles. The van der Waals surface area contributed by atoms with Crippen LogP contribution in [0.25, 0.3) is 0 Å². The average Bonchev–Trinajstić information content (AvgIpc) is 2.78. The number of guanidine groups is 1. The molecule has 0 unspecified atom stereocenters. The molecule has 1 N–H and O–H groups in total. The molecular weight excluding hydrogens is 505 g/mol. The maximum Gasteiger partial charge on any atom is 0.193 e. The van der Waals surface area contributed by atoms with Crippen LogP contribution in [0.5, 0.6) is 5.75 Å². The highest BCUT2D eigenvalue weighted by atomic mass is 127. The Balaban J connectivity index is 0.00000480. The van der Waals surface area contributed by atoms with Crippen molar-refractivity contribution in [2.24, 2.45) is 4.99 Å². The van der Waals surface area contributed by atoms with Gasteiger partial charge in [-0.1, -0.05) is 25.5 Å². The summed E-state index contributed by atoms with van der Waals surface area (Å²) in [7, 11) is 1.73. The number of likely N-dealkylation sites (tertiary alicyclic amines) is 1. The maximum absolute atomic E-state index is 5.98. The first-order valence-electron chi connectivity index (χ1n) is 11.6. The summed E-state index contributed by atoms with van der Waals surface area (Å²) in [4.78, 5) is 7.23. The summed E-state index contributed by atoms with van der Waals surface area (Å²) in [6.45, 7) is 10.3. The molecule has 1 aromatic rings. The van der Waals surface area contributed by atoms with Crippen molar-refractivity contribution in [2.45, 2.75) is 58.5 Å². The third-order valence-corrected chi connectivity index (χ3v) is 5.27. The summed E-state index contributed by atoms with van der Waals surface area (Å²) in [5.74, 6) is 1.98. The number of nitrogens with zero attached hydrogens (tertiary/aromatic N) is 2. The Morgan fingerprint density at radius 2 is 1.81 bits per heavy atom. The van der Waals surface area contributed by atoms with Crippen molar-refractivity contribution < 1.29 is 14.2 Å². The molecule has 1 aliphatic rings. The number of aliphatic imine (C=N–C) groups is 1. The standard InChI is InChI=1S/C24H41N3O3.HI/c1-4-6-19-29-22-10-8-21(9-11-22)12-15-26-24(25-5-2)27-16-13-23(14-17-27)30-20-7-18-28-3;/h8-11,23H,4-7,12-20H2,1-3H3,(H,25,26);1H. The van der Waals surface area contributed by atoms with Gasteiger partial charge in [-0.2, -0.15) is 0 Å². The maximum atomic E-state index is 5.98. The quantitative estimate of drug-likeness (QED) is 0.171. The molecule has 31 heavy (non-hydrogen) atoms. The van der Waals surface area contributed by atoms with Crippen LogP contribution in [0.2, 0.25) is 0 Å². The molecule has 0 aliphatic carbocycles. The molecule has 0 spiro atoms. The number of unbranched alkanes of at least 4 members (excludes halogenated alkanes) is 1. The normalized spacial score (nSPS) is 14.9. The molecule has 6 nitrogen and oxygen atoms in total. The number of benzene rings is 1. The molecule has 1 fully saturated rings. The zero-order valence-electron chi connectivity index (χ0n) is 19.6. The molecule has 0 saturated carbocycles. The molecule has 1 saturated heterocycles. The number of nitrogens with one attached hydrogen (secondary N) is 1. The smallest absolute Gasteiger partial charge is 0.193 e. The summed E-state index contributed by atoms with van der Waals surface area (Å²) in [6, 6.07) is 8.43. The molecule has 2 rings (SSSR count). The van der Waals surface area contributed by atoms with Gasteiger partial charge in [-0.05, 0) is 56.7 Å². The zero-order valence-corrected chi connectivity index (χ0v) is 21.9. The molecule has 178 valence electrons. The molecular formula is C24H42IN3O3. The zero-order chi connectivity index (χ0) is 21.4. The van der Waals surface area contributed by atoms with Crippen LogP contribution in [0.1, 0.15) is 51.5 Å². The minimum atomic E-state index is 0. The van der Waals surface area contributed by atoms with Crippen molar-refractivity contribution >= 4 is 29.9 Å². The molecule has 1 aliphatic heterocycles. The van der Waals surface area contributed by atoms with Gasteiger partial charge in [0, 0.05) is 46.5 Å². The van der Waals surface area contributed by atoms with E-state index in [0.717, 1.165) is 96.2 Å². The van der Waals surface area contributed by atoms with E-state index in [1.165, 1.54) is 5.56 Å². The van der Waals surface area contributed by atoms with Crippen LogP contribution in [0.3, 0.4) is 0 Å². The van der Waals surface area contributed by atoms with Crippen LogP contribution in [0.15, 0.2) is 29.3 Å². The van der Waals surface area contributed by atoms with Gasteiger partial charge < -0.3 is 24.4 Å².